The zero-order chi connectivity index (χ0) is 9.26. The molecule has 0 bridgehead atoms. The standard InChI is InChI=1S/C7H6N4OS/c1-4(12)10-7-6-5(11-13-7)2-8-3-9-6/h2-3H,1H3,(H,10,12). The Morgan fingerprint density at radius 2 is 2.46 bits per heavy atom. The predicted octanol–water partition coefficient (Wildman–Crippen LogP) is 1.04. The molecule has 66 valence electrons. The van der Waals surface area contributed by atoms with Crippen LogP contribution in [0.4, 0.5) is 5.00 Å². The van der Waals surface area contributed by atoms with Gasteiger partial charge in [0.15, 0.2) is 0 Å². The summed E-state index contributed by atoms with van der Waals surface area (Å²) in [5.41, 5.74) is 1.39. The average Bonchev–Trinajstić information content (AvgIpc) is 2.48. The highest BCUT2D eigenvalue weighted by molar-refractivity contribution is 7.12. The van der Waals surface area contributed by atoms with E-state index in [0.717, 1.165) is 0 Å². The van der Waals surface area contributed by atoms with Crippen molar-refractivity contribution in [1.29, 1.82) is 0 Å². The monoisotopic (exact) mass is 194 g/mol. The molecule has 0 unspecified atom stereocenters. The van der Waals surface area contributed by atoms with Crippen LogP contribution in [-0.2, 0) is 4.79 Å². The molecule has 0 spiro atoms. The van der Waals surface area contributed by atoms with Gasteiger partial charge in [0.1, 0.15) is 22.4 Å². The van der Waals surface area contributed by atoms with Crippen molar-refractivity contribution in [3.8, 4) is 0 Å². The van der Waals surface area contributed by atoms with Gasteiger partial charge in [-0.1, -0.05) is 0 Å². The number of nitrogens with zero attached hydrogens (tertiary/aromatic N) is 3. The van der Waals surface area contributed by atoms with Crippen molar-refractivity contribution in [2.75, 3.05) is 5.32 Å². The van der Waals surface area contributed by atoms with Gasteiger partial charge in [0.25, 0.3) is 0 Å². The number of anilines is 1. The van der Waals surface area contributed by atoms with Gasteiger partial charge < -0.3 is 5.32 Å². The molecule has 0 radical (unpaired) electrons. The van der Waals surface area contributed by atoms with Crippen molar-refractivity contribution in [1.82, 2.24) is 14.3 Å². The molecule has 0 aliphatic heterocycles. The topological polar surface area (TPSA) is 67.8 Å². The van der Waals surface area contributed by atoms with E-state index in [1.807, 2.05) is 0 Å². The molecule has 0 saturated carbocycles. The Hall–Kier alpha value is -1.56. The fraction of sp³-hybridized carbons (Fsp3) is 0.143. The van der Waals surface area contributed by atoms with E-state index in [9.17, 15) is 4.79 Å². The first-order valence-electron chi connectivity index (χ1n) is 3.60. The lowest BCUT2D eigenvalue weighted by Crippen LogP contribution is -2.04. The number of fused-ring (bicyclic) bond motifs is 1. The molecule has 6 heteroatoms. The van der Waals surface area contributed by atoms with Crippen LogP contribution in [0.1, 0.15) is 6.92 Å². The zero-order valence-corrected chi connectivity index (χ0v) is 7.63. The zero-order valence-electron chi connectivity index (χ0n) is 6.81. The maximum Gasteiger partial charge on any atom is 0.221 e. The third kappa shape index (κ3) is 1.48. The minimum absolute atomic E-state index is 0.121. The van der Waals surface area contributed by atoms with E-state index in [1.165, 1.54) is 24.8 Å². The molecule has 0 atom stereocenters. The molecule has 0 aromatic carbocycles. The van der Waals surface area contributed by atoms with E-state index in [-0.39, 0.29) is 5.91 Å². The summed E-state index contributed by atoms with van der Waals surface area (Å²) in [5.74, 6) is -0.121. The molecule has 13 heavy (non-hydrogen) atoms. The molecule has 0 fully saturated rings. The number of carbonyl (C=O) groups excluding carboxylic acids is 1. The van der Waals surface area contributed by atoms with Crippen LogP contribution < -0.4 is 5.32 Å². The first-order valence-corrected chi connectivity index (χ1v) is 4.37. The molecule has 2 aromatic rings. The van der Waals surface area contributed by atoms with Crippen molar-refractivity contribution in [3.05, 3.63) is 12.5 Å². The summed E-state index contributed by atoms with van der Waals surface area (Å²) in [5, 5.41) is 3.33. The van der Waals surface area contributed by atoms with Gasteiger partial charge in [-0.15, -0.1) is 0 Å². The SMILES string of the molecule is CC(=O)Nc1snc2cncnc12. The second-order valence-electron chi connectivity index (χ2n) is 2.45. The summed E-state index contributed by atoms with van der Waals surface area (Å²) in [6.07, 6.45) is 3.05. The van der Waals surface area contributed by atoms with Crippen molar-refractivity contribution < 1.29 is 4.79 Å². The second-order valence-corrected chi connectivity index (χ2v) is 3.22. The summed E-state index contributed by atoms with van der Waals surface area (Å²) in [7, 11) is 0. The Morgan fingerprint density at radius 3 is 3.23 bits per heavy atom. The maximum absolute atomic E-state index is 10.8. The highest BCUT2D eigenvalue weighted by Gasteiger charge is 2.07. The number of hydrogen-bond acceptors (Lipinski definition) is 5. The molecule has 1 amide bonds. The lowest BCUT2D eigenvalue weighted by Gasteiger charge is -1.94. The van der Waals surface area contributed by atoms with Crippen LogP contribution in [0.15, 0.2) is 12.5 Å². The fourth-order valence-electron chi connectivity index (χ4n) is 0.944. The molecule has 5 nitrogen and oxygen atoms in total. The Kier molecular flexibility index (Phi) is 1.90. The summed E-state index contributed by atoms with van der Waals surface area (Å²) in [6.45, 7) is 1.45. The normalized spacial score (nSPS) is 10.2. The number of aromatic nitrogens is 3. The highest BCUT2D eigenvalue weighted by atomic mass is 32.1. The van der Waals surface area contributed by atoms with Gasteiger partial charge in [0.2, 0.25) is 5.91 Å². The molecule has 0 aliphatic rings. The molecule has 2 rings (SSSR count). The van der Waals surface area contributed by atoms with Gasteiger partial charge in [-0.05, 0) is 11.5 Å². The largest absolute Gasteiger partial charge is 0.315 e. The van der Waals surface area contributed by atoms with E-state index < -0.39 is 0 Å². The van der Waals surface area contributed by atoms with Crippen molar-refractivity contribution in [3.63, 3.8) is 0 Å². The molecule has 2 aromatic heterocycles. The second kappa shape index (κ2) is 3.06. The first kappa shape index (κ1) is 8.06. The van der Waals surface area contributed by atoms with Gasteiger partial charge in [-0.3, -0.25) is 4.79 Å². The number of nitrogens with one attached hydrogen (secondary N) is 1. The number of rotatable bonds is 1. The number of amides is 1. The molecule has 0 saturated heterocycles. The van der Waals surface area contributed by atoms with Crippen LogP contribution in [0.25, 0.3) is 11.0 Å². The number of hydrogen-bond donors (Lipinski definition) is 1. The van der Waals surface area contributed by atoms with Crippen LogP contribution in [0.2, 0.25) is 0 Å². The Balaban J connectivity index is 2.51. The van der Waals surface area contributed by atoms with Crippen LogP contribution >= 0.6 is 11.5 Å². The minimum atomic E-state index is -0.121. The Morgan fingerprint density at radius 1 is 1.62 bits per heavy atom. The average molecular weight is 194 g/mol. The molecule has 1 N–H and O–H groups in total. The molecule has 0 aliphatic carbocycles. The lowest BCUT2D eigenvalue weighted by molar-refractivity contribution is -0.114. The third-order valence-corrected chi connectivity index (χ3v) is 2.20. The number of carbonyl (C=O) groups is 1. The van der Waals surface area contributed by atoms with E-state index in [1.54, 1.807) is 6.20 Å². The third-order valence-electron chi connectivity index (χ3n) is 1.43. The van der Waals surface area contributed by atoms with Crippen LogP contribution in [0.5, 0.6) is 0 Å². The molecular weight excluding hydrogens is 188 g/mol. The van der Waals surface area contributed by atoms with Crippen LogP contribution in [0.3, 0.4) is 0 Å². The molecule has 2 heterocycles. The van der Waals surface area contributed by atoms with Crippen molar-refractivity contribution in [2.24, 2.45) is 0 Å². The van der Waals surface area contributed by atoms with Gasteiger partial charge in [0.05, 0.1) is 6.20 Å². The minimum Gasteiger partial charge on any atom is -0.315 e. The van der Waals surface area contributed by atoms with Crippen molar-refractivity contribution in [2.45, 2.75) is 6.92 Å². The quantitative estimate of drug-likeness (QED) is 0.736. The lowest BCUT2D eigenvalue weighted by atomic mass is 10.4. The van der Waals surface area contributed by atoms with E-state index in [2.05, 4.69) is 19.7 Å². The summed E-state index contributed by atoms with van der Waals surface area (Å²) in [4.78, 5) is 18.6. The first-order chi connectivity index (χ1) is 6.27. The van der Waals surface area contributed by atoms with Crippen LogP contribution in [-0.4, -0.2) is 20.2 Å². The van der Waals surface area contributed by atoms with Gasteiger partial charge in [-0.2, -0.15) is 4.37 Å². The van der Waals surface area contributed by atoms with E-state index >= 15 is 0 Å². The smallest absolute Gasteiger partial charge is 0.221 e. The Labute approximate surface area is 78.0 Å². The van der Waals surface area contributed by atoms with Crippen LogP contribution in [0, 0.1) is 0 Å². The molecular formula is C7H6N4OS. The fourth-order valence-corrected chi connectivity index (χ4v) is 1.70. The van der Waals surface area contributed by atoms with E-state index in [4.69, 9.17) is 0 Å². The summed E-state index contributed by atoms with van der Waals surface area (Å²) < 4.78 is 4.07. The predicted molar refractivity (Wildman–Crippen MR) is 49.5 cm³/mol. The van der Waals surface area contributed by atoms with Gasteiger partial charge >= 0.3 is 0 Å². The summed E-state index contributed by atoms with van der Waals surface area (Å²) >= 11 is 1.21. The van der Waals surface area contributed by atoms with E-state index in [0.29, 0.717) is 16.0 Å². The highest BCUT2D eigenvalue weighted by Crippen LogP contribution is 2.24. The van der Waals surface area contributed by atoms with Gasteiger partial charge in [0, 0.05) is 6.92 Å². The Bertz CT molecular complexity index is 452. The summed E-state index contributed by atoms with van der Waals surface area (Å²) in [6, 6.07) is 0. The van der Waals surface area contributed by atoms with Gasteiger partial charge in [-0.25, -0.2) is 9.97 Å². The maximum atomic E-state index is 10.8. The van der Waals surface area contributed by atoms with Crippen molar-refractivity contribution >= 4 is 33.5 Å².